The number of carbonyl (C=O) groups is 1. The molecule has 1 heterocycles. The Morgan fingerprint density at radius 1 is 1.17 bits per heavy atom. The molecule has 3 aromatic rings. The number of aromatic nitrogens is 3. The summed E-state index contributed by atoms with van der Waals surface area (Å²) in [7, 11) is 1.60. The highest BCUT2D eigenvalue weighted by Crippen LogP contribution is 2.39. The first-order valence-corrected chi connectivity index (χ1v) is 9.80. The van der Waals surface area contributed by atoms with Gasteiger partial charge in [0.2, 0.25) is 5.91 Å². The monoisotopic (exact) mass is 392 g/mol. The third-order valence-electron chi connectivity index (χ3n) is 4.97. The Morgan fingerprint density at radius 2 is 1.97 bits per heavy atom. The van der Waals surface area contributed by atoms with Crippen LogP contribution in [0, 0.1) is 0 Å². The standard InChI is InChI=1S/C22H24N4O3/c1-29-19-9-5-6-16(14-19)15-20(27)23-12-13-25-22(28)26(18-7-3-2-4-8-18)21(24-25)17-10-11-17/h2-9,14,17H,10-13,15H2,1H3,(H,23,27). The fourth-order valence-corrected chi connectivity index (χ4v) is 3.33. The fraction of sp³-hybridized carbons (Fsp3) is 0.318. The van der Waals surface area contributed by atoms with Crippen LogP contribution < -0.4 is 15.7 Å². The summed E-state index contributed by atoms with van der Waals surface area (Å²) in [6, 6.07) is 17.0. The van der Waals surface area contributed by atoms with Gasteiger partial charge in [-0.15, -0.1) is 0 Å². The van der Waals surface area contributed by atoms with Crippen molar-refractivity contribution in [1.29, 1.82) is 0 Å². The minimum absolute atomic E-state index is 0.101. The van der Waals surface area contributed by atoms with Gasteiger partial charge in [0.1, 0.15) is 11.6 Å². The minimum Gasteiger partial charge on any atom is -0.497 e. The van der Waals surface area contributed by atoms with Crippen molar-refractivity contribution in [3.8, 4) is 11.4 Å². The summed E-state index contributed by atoms with van der Waals surface area (Å²) in [5.74, 6) is 1.77. The Bertz CT molecular complexity index is 1050. The van der Waals surface area contributed by atoms with Gasteiger partial charge in [-0.25, -0.2) is 14.0 Å². The van der Waals surface area contributed by atoms with Gasteiger partial charge in [-0.2, -0.15) is 5.10 Å². The van der Waals surface area contributed by atoms with E-state index in [4.69, 9.17) is 4.74 Å². The number of nitrogens with zero attached hydrogens (tertiary/aromatic N) is 3. The van der Waals surface area contributed by atoms with Crippen molar-refractivity contribution >= 4 is 5.91 Å². The fourth-order valence-electron chi connectivity index (χ4n) is 3.33. The highest BCUT2D eigenvalue weighted by molar-refractivity contribution is 5.78. The Balaban J connectivity index is 1.41. The summed E-state index contributed by atoms with van der Waals surface area (Å²) in [4.78, 5) is 25.1. The Kier molecular flexibility index (Phi) is 5.46. The molecule has 7 heteroatoms. The van der Waals surface area contributed by atoms with Crippen LogP contribution in [0.5, 0.6) is 5.75 Å². The van der Waals surface area contributed by atoms with Gasteiger partial charge in [-0.05, 0) is 42.7 Å². The lowest BCUT2D eigenvalue weighted by Crippen LogP contribution is -2.32. The summed E-state index contributed by atoms with van der Waals surface area (Å²) in [6.07, 6.45) is 2.37. The summed E-state index contributed by atoms with van der Waals surface area (Å²) >= 11 is 0. The molecular formula is C22H24N4O3. The normalized spacial score (nSPS) is 13.3. The predicted molar refractivity (Wildman–Crippen MR) is 110 cm³/mol. The Morgan fingerprint density at radius 3 is 2.69 bits per heavy atom. The van der Waals surface area contributed by atoms with E-state index in [0.29, 0.717) is 19.0 Å². The maximum atomic E-state index is 12.9. The van der Waals surface area contributed by atoms with Crippen LogP contribution in [0.2, 0.25) is 0 Å². The second-order valence-corrected chi connectivity index (χ2v) is 7.19. The molecule has 0 spiro atoms. The molecule has 7 nitrogen and oxygen atoms in total. The molecule has 0 aliphatic heterocycles. The van der Waals surface area contributed by atoms with Crippen LogP contribution >= 0.6 is 0 Å². The van der Waals surface area contributed by atoms with Gasteiger partial charge in [0, 0.05) is 12.5 Å². The molecule has 1 aromatic heterocycles. The number of carbonyl (C=O) groups excluding carboxylic acids is 1. The maximum absolute atomic E-state index is 12.9. The van der Waals surface area contributed by atoms with Gasteiger partial charge in [-0.3, -0.25) is 4.79 Å². The topological polar surface area (TPSA) is 78.2 Å². The third kappa shape index (κ3) is 4.39. The summed E-state index contributed by atoms with van der Waals surface area (Å²) in [5.41, 5.74) is 1.54. The molecule has 0 saturated heterocycles. The Hall–Kier alpha value is -3.35. The largest absolute Gasteiger partial charge is 0.497 e. The third-order valence-corrected chi connectivity index (χ3v) is 4.97. The van der Waals surface area contributed by atoms with E-state index in [1.54, 1.807) is 11.7 Å². The van der Waals surface area contributed by atoms with Crippen molar-refractivity contribution in [1.82, 2.24) is 19.7 Å². The number of amides is 1. The number of nitrogens with one attached hydrogen (secondary N) is 1. The van der Waals surface area contributed by atoms with Crippen LogP contribution in [0.4, 0.5) is 0 Å². The van der Waals surface area contributed by atoms with E-state index in [2.05, 4.69) is 10.4 Å². The number of ether oxygens (including phenoxy) is 1. The second kappa shape index (κ2) is 8.34. The highest BCUT2D eigenvalue weighted by Gasteiger charge is 2.31. The number of para-hydroxylation sites is 1. The van der Waals surface area contributed by atoms with Crippen LogP contribution in [-0.2, 0) is 17.8 Å². The van der Waals surface area contributed by atoms with E-state index in [-0.39, 0.29) is 18.0 Å². The van der Waals surface area contributed by atoms with Gasteiger partial charge in [0.15, 0.2) is 0 Å². The van der Waals surface area contributed by atoms with Gasteiger partial charge >= 0.3 is 5.69 Å². The van der Waals surface area contributed by atoms with Crippen molar-refractivity contribution < 1.29 is 9.53 Å². The molecule has 1 fully saturated rings. The molecule has 1 amide bonds. The van der Waals surface area contributed by atoms with E-state index in [0.717, 1.165) is 35.7 Å². The summed E-state index contributed by atoms with van der Waals surface area (Å²) in [5, 5.41) is 7.42. The Labute approximate surface area is 168 Å². The first-order chi connectivity index (χ1) is 14.2. The van der Waals surface area contributed by atoms with Crippen molar-refractivity contribution in [2.24, 2.45) is 0 Å². The smallest absolute Gasteiger partial charge is 0.350 e. The van der Waals surface area contributed by atoms with E-state index >= 15 is 0 Å². The average Bonchev–Trinajstić information content (AvgIpc) is 3.53. The molecule has 0 bridgehead atoms. The zero-order chi connectivity index (χ0) is 20.2. The van der Waals surface area contributed by atoms with Crippen molar-refractivity contribution in [2.75, 3.05) is 13.7 Å². The van der Waals surface area contributed by atoms with E-state index in [1.807, 2.05) is 54.6 Å². The number of rotatable bonds is 8. The second-order valence-electron chi connectivity index (χ2n) is 7.19. The summed E-state index contributed by atoms with van der Waals surface area (Å²) in [6.45, 7) is 0.681. The minimum atomic E-state index is -0.167. The van der Waals surface area contributed by atoms with Crippen LogP contribution in [0.25, 0.3) is 5.69 Å². The first kappa shape index (κ1) is 19.0. The lowest BCUT2D eigenvalue weighted by molar-refractivity contribution is -0.120. The number of methoxy groups -OCH3 is 1. The van der Waals surface area contributed by atoms with Crippen molar-refractivity contribution in [3.05, 3.63) is 76.5 Å². The van der Waals surface area contributed by atoms with E-state index in [9.17, 15) is 9.59 Å². The first-order valence-electron chi connectivity index (χ1n) is 9.80. The van der Waals surface area contributed by atoms with Gasteiger partial charge in [0.25, 0.3) is 0 Å². The van der Waals surface area contributed by atoms with Crippen molar-refractivity contribution in [2.45, 2.75) is 31.7 Å². The van der Waals surface area contributed by atoms with E-state index < -0.39 is 0 Å². The molecule has 1 aliphatic rings. The quantitative estimate of drug-likeness (QED) is 0.638. The predicted octanol–water partition coefficient (Wildman–Crippen LogP) is 2.28. The van der Waals surface area contributed by atoms with E-state index in [1.165, 1.54) is 4.68 Å². The molecule has 1 saturated carbocycles. The maximum Gasteiger partial charge on any atom is 0.350 e. The molecule has 29 heavy (non-hydrogen) atoms. The highest BCUT2D eigenvalue weighted by atomic mass is 16.5. The SMILES string of the molecule is COc1cccc(CC(=O)NCCn2nc(C3CC3)n(-c3ccccc3)c2=O)c1. The molecule has 2 aromatic carbocycles. The van der Waals surface area contributed by atoms with Gasteiger partial charge < -0.3 is 10.1 Å². The van der Waals surface area contributed by atoms with Crippen molar-refractivity contribution in [3.63, 3.8) is 0 Å². The molecule has 4 rings (SSSR count). The zero-order valence-electron chi connectivity index (χ0n) is 16.4. The van der Waals surface area contributed by atoms with Gasteiger partial charge in [-0.1, -0.05) is 30.3 Å². The van der Waals surface area contributed by atoms with Crippen LogP contribution in [0.15, 0.2) is 59.4 Å². The lowest BCUT2D eigenvalue weighted by Gasteiger charge is -2.06. The number of hydrogen-bond donors (Lipinski definition) is 1. The van der Waals surface area contributed by atoms with Gasteiger partial charge in [0.05, 0.1) is 25.8 Å². The zero-order valence-corrected chi connectivity index (χ0v) is 16.4. The lowest BCUT2D eigenvalue weighted by atomic mass is 10.1. The number of benzene rings is 2. The molecular weight excluding hydrogens is 368 g/mol. The molecule has 0 unspecified atom stereocenters. The van der Waals surface area contributed by atoms with Crippen LogP contribution in [0.3, 0.4) is 0 Å². The molecule has 0 atom stereocenters. The summed E-state index contributed by atoms with van der Waals surface area (Å²) < 4.78 is 8.32. The molecule has 1 N–H and O–H groups in total. The average molecular weight is 392 g/mol. The molecule has 0 radical (unpaired) electrons. The molecule has 150 valence electrons. The van der Waals surface area contributed by atoms with Crippen LogP contribution in [-0.4, -0.2) is 33.9 Å². The number of hydrogen-bond acceptors (Lipinski definition) is 4. The molecule has 1 aliphatic carbocycles. The van der Waals surface area contributed by atoms with Crippen LogP contribution in [0.1, 0.15) is 30.1 Å².